The van der Waals surface area contributed by atoms with Gasteiger partial charge in [0.2, 0.25) is 0 Å². The van der Waals surface area contributed by atoms with Crippen molar-refractivity contribution in [1.29, 1.82) is 0 Å². The Kier molecular flexibility index (Phi) is 4.54. The number of carbonyl (C=O) groups is 1. The van der Waals surface area contributed by atoms with Crippen molar-refractivity contribution >= 4 is 11.4 Å². The lowest BCUT2D eigenvalue weighted by molar-refractivity contribution is 0.0951. The Morgan fingerprint density at radius 1 is 1.14 bits per heavy atom. The summed E-state index contributed by atoms with van der Waals surface area (Å²) in [5, 5.41) is 14.4. The number of nitrogens with one attached hydrogen (secondary N) is 3. The Morgan fingerprint density at radius 2 is 1.93 bits per heavy atom. The van der Waals surface area contributed by atoms with Gasteiger partial charge >= 0.3 is 0 Å². The molecule has 29 heavy (non-hydrogen) atoms. The lowest BCUT2D eigenvalue weighted by Crippen LogP contribution is -2.22. The van der Waals surface area contributed by atoms with E-state index in [0.29, 0.717) is 23.4 Å². The lowest BCUT2D eigenvalue weighted by atomic mass is 10.1. The Bertz CT molecular complexity index is 1270. The van der Waals surface area contributed by atoms with Gasteiger partial charge in [0.05, 0.1) is 11.3 Å². The average molecular weight is 390 g/mol. The molecule has 0 aliphatic carbocycles. The fourth-order valence-electron chi connectivity index (χ4n) is 3.26. The Balaban J connectivity index is 1.63. The van der Waals surface area contributed by atoms with Crippen LogP contribution < -0.4 is 10.9 Å². The van der Waals surface area contributed by atoms with E-state index in [9.17, 15) is 9.59 Å². The van der Waals surface area contributed by atoms with Crippen LogP contribution in [-0.4, -0.2) is 30.7 Å². The molecule has 0 bridgehead atoms. The summed E-state index contributed by atoms with van der Waals surface area (Å²) in [6, 6.07) is 7.43. The van der Waals surface area contributed by atoms with Crippen LogP contribution in [0.1, 0.15) is 38.4 Å². The Labute approximate surface area is 167 Å². The highest BCUT2D eigenvalue weighted by Crippen LogP contribution is 2.18. The largest absolute Gasteiger partial charge is 0.348 e. The quantitative estimate of drug-likeness (QED) is 0.498. The molecule has 0 aliphatic heterocycles. The molecule has 0 fully saturated rings. The van der Waals surface area contributed by atoms with E-state index >= 15 is 0 Å². The lowest BCUT2D eigenvalue weighted by Gasteiger charge is -2.05. The number of rotatable bonds is 4. The number of aryl methyl sites for hydroxylation is 4. The monoisotopic (exact) mass is 390 g/mol. The molecule has 0 saturated carbocycles. The molecule has 0 aliphatic rings. The first kappa shape index (κ1) is 18.7. The molecule has 3 aromatic heterocycles. The normalized spacial score (nSPS) is 11.2. The third-order valence-electron chi connectivity index (χ3n) is 5.22. The number of carbonyl (C=O) groups excluding carboxylic acids is 1. The van der Waals surface area contributed by atoms with Gasteiger partial charge in [0.1, 0.15) is 5.52 Å². The van der Waals surface area contributed by atoms with Crippen molar-refractivity contribution in [3.63, 3.8) is 0 Å². The van der Waals surface area contributed by atoms with Gasteiger partial charge in [0.25, 0.3) is 11.5 Å². The molecule has 0 spiro atoms. The molecule has 0 radical (unpaired) electrons. The number of amides is 1. The molecule has 148 valence electrons. The molecule has 0 atom stereocenters. The number of hydrogen-bond donors (Lipinski definition) is 3. The maximum absolute atomic E-state index is 12.6. The van der Waals surface area contributed by atoms with Crippen LogP contribution in [0.5, 0.6) is 0 Å². The number of fused-ring (bicyclic) bond motifs is 1. The number of hydrogen-bond acceptors (Lipinski definition) is 4. The Hall–Kier alpha value is -3.68. The van der Waals surface area contributed by atoms with Crippen molar-refractivity contribution in [3.8, 4) is 11.4 Å². The molecule has 0 unspecified atom stereocenters. The fourth-order valence-corrected chi connectivity index (χ4v) is 3.26. The summed E-state index contributed by atoms with van der Waals surface area (Å²) in [5.74, 6) is 0.181. The highest BCUT2D eigenvalue weighted by atomic mass is 16.1. The van der Waals surface area contributed by atoms with Crippen molar-refractivity contribution in [2.24, 2.45) is 0 Å². The summed E-state index contributed by atoms with van der Waals surface area (Å²) in [7, 11) is 0. The second kappa shape index (κ2) is 7.05. The number of aromatic amines is 2. The number of H-pyrrole nitrogens is 2. The zero-order valence-corrected chi connectivity index (χ0v) is 16.8. The van der Waals surface area contributed by atoms with E-state index in [4.69, 9.17) is 0 Å². The number of benzene rings is 1. The van der Waals surface area contributed by atoms with Gasteiger partial charge in [0.15, 0.2) is 5.82 Å². The smallest absolute Gasteiger partial charge is 0.275 e. The Morgan fingerprint density at radius 3 is 2.62 bits per heavy atom. The van der Waals surface area contributed by atoms with Crippen molar-refractivity contribution in [2.45, 2.75) is 34.2 Å². The summed E-state index contributed by atoms with van der Waals surface area (Å²) in [5.41, 5.74) is 6.21. The molecule has 1 amide bonds. The molecule has 8 heteroatoms. The van der Waals surface area contributed by atoms with Crippen LogP contribution >= 0.6 is 0 Å². The van der Waals surface area contributed by atoms with Gasteiger partial charge in [-0.25, -0.2) is 4.52 Å². The first-order chi connectivity index (χ1) is 13.8. The first-order valence-corrected chi connectivity index (χ1v) is 9.32. The van der Waals surface area contributed by atoms with Crippen LogP contribution in [0.4, 0.5) is 0 Å². The van der Waals surface area contributed by atoms with E-state index in [1.807, 2.05) is 45.9 Å². The molecule has 0 saturated heterocycles. The summed E-state index contributed by atoms with van der Waals surface area (Å²) >= 11 is 0. The zero-order chi connectivity index (χ0) is 20.7. The van der Waals surface area contributed by atoms with E-state index in [1.165, 1.54) is 10.1 Å². The molecule has 4 aromatic rings. The second-order valence-electron chi connectivity index (χ2n) is 7.26. The van der Waals surface area contributed by atoms with E-state index < -0.39 is 0 Å². The second-order valence-corrected chi connectivity index (χ2v) is 7.26. The average Bonchev–Trinajstić information content (AvgIpc) is 3.26. The van der Waals surface area contributed by atoms with Crippen molar-refractivity contribution in [1.82, 2.24) is 30.1 Å². The van der Waals surface area contributed by atoms with Crippen LogP contribution in [-0.2, 0) is 6.54 Å². The highest BCUT2D eigenvalue weighted by Gasteiger charge is 2.14. The van der Waals surface area contributed by atoms with Gasteiger partial charge in [-0.05, 0) is 51.0 Å². The predicted molar refractivity (Wildman–Crippen MR) is 110 cm³/mol. The van der Waals surface area contributed by atoms with Crippen LogP contribution in [0.25, 0.3) is 16.9 Å². The molecule has 1 aromatic carbocycles. The van der Waals surface area contributed by atoms with Gasteiger partial charge in [-0.15, -0.1) is 5.10 Å². The van der Waals surface area contributed by atoms with E-state index in [-0.39, 0.29) is 11.5 Å². The van der Waals surface area contributed by atoms with E-state index in [2.05, 4.69) is 25.6 Å². The van der Waals surface area contributed by atoms with Crippen LogP contribution in [0.3, 0.4) is 0 Å². The topological polar surface area (TPSA) is 108 Å². The van der Waals surface area contributed by atoms with Crippen molar-refractivity contribution in [3.05, 3.63) is 74.5 Å². The van der Waals surface area contributed by atoms with Crippen LogP contribution in [0, 0.1) is 27.7 Å². The SMILES string of the molecule is Cc1ccc(-c2nn3cc(C(=O)NCc4c(C)n[nH]c4C)cc3c(=O)[nH]2)cc1C. The minimum absolute atomic E-state index is 0.275. The van der Waals surface area contributed by atoms with Crippen molar-refractivity contribution in [2.75, 3.05) is 0 Å². The standard InChI is InChI=1S/C21H22N6O2/c1-11-5-6-15(7-12(11)2)19-23-21(29)18-8-16(10-27(18)26-19)20(28)22-9-17-13(3)24-25-14(17)4/h5-8,10H,9H2,1-4H3,(H,22,28)(H,24,25)(H,23,26,29). The molecule has 4 rings (SSSR count). The summed E-state index contributed by atoms with van der Waals surface area (Å²) < 4.78 is 1.45. The molecular formula is C21H22N6O2. The summed E-state index contributed by atoms with van der Waals surface area (Å²) in [6.07, 6.45) is 1.57. The first-order valence-electron chi connectivity index (χ1n) is 9.32. The van der Waals surface area contributed by atoms with Crippen LogP contribution in [0.2, 0.25) is 0 Å². The van der Waals surface area contributed by atoms with Gasteiger partial charge in [-0.1, -0.05) is 12.1 Å². The van der Waals surface area contributed by atoms with Gasteiger partial charge < -0.3 is 10.3 Å². The number of aromatic nitrogens is 5. The van der Waals surface area contributed by atoms with Crippen molar-refractivity contribution < 1.29 is 4.79 Å². The molecule has 3 N–H and O–H groups in total. The van der Waals surface area contributed by atoms with Gasteiger partial charge in [0, 0.05) is 29.6 Å². The summed E-state index contributed by atoms with van der Waals surface area (Å²) in [6.45, 7) is 8.19. The molecule has 8 nitrogen and oxygen atoms in total. The summed E-state index contributed by atoms with van der Waals surface area (Å²) in [4.78, 5) is 27.9. The molecule has 3 heterocycles. The van der Waals surface area contributed by atoms with Crippen LogP contribution in [0.15, 0.2) is 35.3 Å². The minimum Gasteiger partial charge on any atom is -0.348 e. The minimum atomic E-state index is -0.297. The highest BCUT2D eigenvalue weighted by molar-refractivity contribution is 5.95. The predicted octanol–water partition coefficient (Wildman–Crippen LogP) is 2.58. The fraction of sp³-hybridized carbons (Fsp3) is 0.238. The third kappa shape index (κ3) is 3.44. The van der Waals surface area contributed by atoms with Gasteiger partial charge in [-0.3, -0.25) is 14.7 Å². The number of nitrogens with zero attached hydrogens (tertiary/aromatic N) is 3. The maximum Gasteiger partial charge on any atom is 0.275 e. The zero-order valence-electron chi connectivity index (χ0n) is 16.8. The third-order valence-corrected chi connectivity index (χ3v) is 5.22. The molecular weight excluding hydrogens is 368 g/mol. The van der Waals surface area contributed by atoms with Gasteiger partial charge in [-0.2, -0.15) is 5.10 Å². The maximum atomic E-state index is 12.6. The van der Waals surface area contributed by atoms with E-state index in [1.54, 1.807) is 12.3 Å². The van der Waals surface area contributed by atoms with E-state index in [0.717, 1.165) is 28.1 Å².